The van der Waals surface area contributed by atoms with Crippen LogP contribution in [0.25, 0.3) is 0 Å². The normalized spacial score (nSPS) is 11.8. The first-order valence-corrected chi connectivity index (χ1v) is 10.7. The summed E-state index contributed by atoms with van der Waals surface area (Å²) in [5, 5.41) is 6.12. The lowest BCUT2D eigenvalue weighted by molar-refractivity contribution is -0.122. The average Bonchev–Trinajstić information content (AvgIpc) is 3.10. The first-order valence-electron chi connectivity index (χ1n) is 8.06. The van der Waals surface area contributed by atoms with E-state index in [1.807, 2.05) is 23.6 Å². The number of carbonyl (C=O) groups is 1. The number of rotatable bonds is 7. The van der Waals surface area contributed by atoms with Crippen molar-refractivity contribution in [3.63, 3.8) is 0 Å². The van der Waals surface area contributed by atoms with E-state index in [0.717, 1.165) is 11.4 Å². The van der Waals surface area contributed by atoms with E-state index in [-0.39, 0.29) is 5.91 Å². The summed E-state index contributed by atoms with van der Waals surface area (Å²) in [6.07, 6.45) is -0.727. The molecule has 0 aliphatic heterocycles. The Hall–Kier alpha value is -1.73. The highest BCUT2D eigenvalue weighted by Gasteiger charge is 2.18. The van der Waals surface area contributed by atoms with Crippen molar-refractivity contribution in [2.45, 2.75) is 23.7 Å². The van der Waals surface area contributed by atoms with Crippen LogP contribution in [0.4, 0.5) is 5.13 Å². The fraction of sp³-hybridized carbons (Fsp3) is 0.158. The molecule has 1 unspecified atom stereocenters. The Labute approximate surface area is 175 Å². The monoisotopic (exact) mass is 438 g/mol. The van der Waals surface area contributed by atoms with Gasteiger partial charge in [0.05, 0.1) is 10.7 Å². The summed E-state index contributed by atoms with van der Waals surface area (Å²) in [6, 6.07) is 15.0. The number of anilines is 1. The average molecular weight is 439 g/mol. The molecule has 0 saturated carbocycles. The van der Waals surface area contributed by atoms with E-state index in [2.05, 4.69) is 22.4 Å². The number of halogens is 2. The van der Waals surface area contributed by atoms with Crippen LogP contribution in [0, 0.1) is 0 Å². The van der Waals surface area contributed by atoms with Gasteiger partial charge < -0.3 is 4.74 Å². The third-order valence-electron chi connectivity index (χ3n) is 3.48. The van der Waals surface area contributed by atoms with Crippen molar-refractivity contribution < 1.29 is 9.53 Å². The van der Waals surface area contributed by atoms with Crippen LogP contribution in [0.2, 0.25) is 10.0 Å². The number of thiazole rings is 1. The Morgan fingerprint density at radius 1 is 1.26 bits per heavy atom. The lowest BCUT2D eigenvalue weighted by Crippen LogP contribution is -2.30. The van der Waals surface area contributed by atoms with E-state index in [1.165, 1.54) is 16.2 Å². The molecule has 1 aromatic heterocycles. The highest BCUT2D eigenvalue weighted by Crippen LogP contribution is 2.29. The van der Waals surface area contributed by atoms with E-state index in [0.29, 0.717) is 20.9 Å². The second-order valence-corrected chi connectivity index (χ2v) is 8.32. The minimum atomic E-state index is -0.727. The van der Waals surface area contributed by atoms with Gasteiger partial charge in [-0.15, -0.1) is 23.1 Å². The SMILES string of the molecule is CC(Oc1ccc(Cl)cc1Cl)C(=O)Nc1nc(CSc2ccccc2)cs1. The van der Waals surface area contributed by atoms with Crippen LogP contribution in [0.1, 0.15) is 12.6 Å². The third-order valence-corrected chi connectivity index (χ3v) is 5.86. The van der Waals surface area contributed by atoms with Crippen molar-refractivity contribution in [3.05, 3.63) is 69.7 Å². The summed E-state index contributed by atoms with van der Waals surface area (Å²) < 4.78 is 5.62. The summed E-state index contributed by atoms with van der Waals surface area (Å²) in [4.78, 5) is 18.0. The number of nitrogens with zero attached hydrogens (tertiary/aromatic N) is 1. The first kappa shape index (κ1) is 20.0. The van der Waals surface area contributed by atoms with Gasteiger partial charge in [0.25, 0.3) is 5.91 Å². The number of hydrogen-bond donors (Lipinski definition) is 1. The fourth-order valence-electron chi connectivity index (χ4n) is 2.13. The van der Waals surface area contributed by atoms with Gasteiger partial charge in [-0.1, -0.05) is 41.4 Å². The number of ether oxygens (including phenoxy) is 1. The van der Waals surface area contributed by atoms with Gasteiger partial charge in [0.15, 0.2) is 11.2 Å². The molecule has 2 aromatic carbocycles. The van der Waals surface area contributed by atoms with Crippen molar-refractivity contribution >= 4 is 57.3 Å². The van der Waals surface area contributed by atoms with Crippen LogP contribution in [-0.2, 0) is 10.5 Å². The summed E-state index contributed by atoms with van der Waals surface area (Å²) in [7, 11) is 0. The molecule has 0 bridgehead atoms. The molecule has 0 fully saturated rings. The molecular formula is C19H16Cl2N2O2S2. The highest BCUT2D eigenvalue weighted by molar-refractivity contribution is 7.98. The number of amides is 1. The Morgan fingerprint density at radius 3 is 2.78 bits per heavy atom. The van der Waals surface area contributed by atoms with E-state index < -0.39 is 6.10 Å². The van der Waals surface area contributed by atoms with Gasteiger partial charge in [-0.3, -0.25) is 10.1 Å². The summed E-state index contributed by atoms with van der Waals surface area (Å²) >= 11 is 15.0. The first-order chi connectivity index (χ1) is 13.0. The van der Waals surface area contributed by atoms with E-state index >= 15 is 0 Å². The van der Waals surface area contributed by atoms with Crippen LogP contribution in [0.3, 0.4) is 0 Å². The Morgan fingerprint density at radius 2 is 2.04 bits per heavy atom. The number of benzene rings is 2. The van der Waals surface area contributed by atoms with Gasteiger partial charge in [-0.25, -0.2) is 4.98 Å². The van der Waals surface area contributed by atoms with Crippen LogP contribution < -0.4 is 10.1 Å². The minimum Gasteiger partial charge on any atom is -0.479 e. The number of nitrogens with one attached hydrogen (secondary N) is 1. The van der Waals surface area contributed by atoms with E-state index in [9.17, 15) is 4.79 Å². The zero-order chi connectivity index (χ0) is 19.2. The van der Waals surface area contributed by atoms with Crippen LogP contribution in [-0.4, -0.2) is 17.0 Å². The number of hydrogen-bond acceptors (Lipinski definition) is 5. The summed E-state index contributed by atoms with van der Waals surface area (Å²) in [5.41, 5.74) is 0.915. The molecular weight excluding hydrogens is 423 g/mol. The third kappa shape index (κ3) is 5.87. The van der Waals surface area contributed by atoms with Gasteiger partial charge in [0.1, 0.15) is 5.75 Å². The second-order valence-electron chi connectivity index (χ2n) is 5.57. The predicted molar refractivity (Wildman–Crippen MR) is 113 cm³/mol. The molecule has 3 rings (SSSR count). The molecule has 0 aliphatic carbocycles. The smallest absolute Gasteiger partial charge is 0.266 e. The highest BCUT2D eigenvalue weighted by atomic mass is 35.5. The minimum absolute atomic E-state index is 0.294. The summed E-state index contributed by atoms with van der Waals surface area (Å²) in [5.74, 6) is 0.850. The largest absolute Gasteiger partial charge is 0.479 e. The molecule has 0 aliphatic rings. The Balaban J connectivity index is 1.53. The van der Waals surface area contributed by atoms with E-state index in [4.69, 9.17) is 27.9 Å². The molecule has 0 spiro atoms. The fourth-order valence-corrected chi connectivity index (χ4v) is 4.21. The number of carbonyl (C=O) groups excluding carboxylic acids is 1. The summed E-state index contributed by atoms with van der Waals surface area (Å²) in [6.45, 7) is 1.65. The molecule has 140 valence electrons. The van der Waals surface area contributed by atoms with Gasteiger partial charge in [-0.05, 0) is 37.3 Å². The molecule has 3 aromatic rings. The zero-order valence-corrected chi connectivity index (χ0v) is 17.5. The van der Waals surface area contributed by atoms with Crippen molar-refractivity contribution in [3.8, 4) is 5.75 Å². The maximum absolute atomic E-state index is 12.3. The molecule has 1 heterocycles. The molecule has 8 heteroatoms. The molecule has 27 heavy (non-hydrogen) atoms. The van der Waals surface area contributed by atoms with Crippen molar-refractivity contribution in [1.82, 2.24) is 4.98 Å². The van der Waals surface area contributed by atoms with Crippen molar-refractivity contribution in [2.75, 3.05) is 5.32 Å². The van der Waals surface area contributed by atoms with Gasteiger partial charge in [-0.2, -0.15) is 0 Å². The standard InChI is InChI=1S/C19H16Cl2N2O2S2/c1-12(25-17-8-7-13(20)9-16(17)21)18(24)23-19-22-14(11-27-19)10-26-15-5-3-2-4-6-15/h2-9,11-12H,10H2,1H3,(H,22,23,24). The number of aromatic nitrogens is 1. The van der Waals surface area contributed by atoms with Gasteiger partial charge >= 0.3 is 0 Å². The molecule has 1 N–H and O–H groups in total. The Bertz CT molecular complexity index is 919. The predicted octanol–water partition coefficient (Wildman–Crippen LogP) is 6.15. The van der Waals surface area contributed by atoms with E-state index in [1.54, 1.807) is 36.9 Å². The van der Waals surface area contributed by atoms with Gasteiger partial charge in [0, 0.05) is 21.1 Å². The molecule has 0 radical (unpaired) electrons. The molecule has 1 atom stereocenters. The Kier molecular flexibility index (Phi) is 7.01. The molecule has 1 amide bonds. The number of thioether (sulfide) groups is 1. The molecule has 4 nitrogen and oxygen atoms in total. The lowest BCUT2D eigenvalue weighted by atomic mass is 10.3. The maximum Gasteiger partial charge on any atom is 0.266 e. The second kappa shape index (κ2) is 9.46. The molecule has 0 saturated heterocycles. The van der Waals surface area contributed by atoms with Crippen molar-refractivity contribution in [1.29, 1.82) is 0 Å². The topological polar surface area (TPSA) is 51.2 Å². The van der Waals surface area contributed by atoms with Crippen LogP contribution >= 0.6 is 46.3 Å². The lowest BCUT2D eigenvalue weighted by Gasteiger charge is -2.14. The van der Waals surface area contributed by atoms with Crippen LogP contribution in [0.5, 0.6) is 5.75 Å². The van der Waals surface area contributed by atoms with Crippen LogP contribution in [0.15, 0.2) is 58.8 Å². The van der Waals surface area contributed by atoms with Gasteiger partial charge in [0.2, 0.25) is 0 Å². The van der Waals surface area contributed by atoms with Crippen molar-refractivity contribution in [2.24, 2.45) is 0 Å². The quantitative estimate of drug-likeness (QED) is 0.449. The zero-order valence-electron chi connectivity index (χ0n) is 14.3. The maximum atomic E-state index is 12.3.